The van der Waals surface area contributed by atoms with Gasteiger partial charge in [-0.1, -0.05) is 19.3 Å². The molecule has 0 aromatic carbocycles. The maximum absolute atomic E-state index is 13.2. The van der Waals surface area contributed by atoms with E-state index in [9.17, 15) is 4.57 Å². The first-order valence-electron chi connectivity index (χ1n) is 6.41. The van der Waals surface area contributed by atoms with Crippen LogP contribution in [0.4, 0.5) is 0 Å². The molecule has 0 aliphatic heterocycles. The average molecular weight is 212 g/mol. The van der Waals surface area contributed by atoms with Crippen molar-refractivity contribution >= 4 is 7.14 Å². The molecule has 80 valence electrons. The quantitative estimate of drug-likeness (QED) is 0.646. The van der Waals surface area contributed by atoms with Crippen molar-refractivity contribution in [1.29, 1.82) is 0 Å². The maximum Gasteiger partial charge on any atom is 0.0964 e. The van der Waals surface area contributed by atoms with E-state index in [2.05, 4.69) is 0 Å². The molecule has 3 aliphatic carbocycles. The van der Waals surface area contributed by atoms with Gasteiger partial charge in [-0.3, -0.25) is 0 Å². The number of hydrogen-bond acceptors (Lipinski definition) is 1. The van der Waals surface area contributed by atoms with E-state index in [0.717, 1.165) is 0 Å². The molecule has 0 N–H and O–H groups in total. The Morgan fingerprint density at radius 3 is 1.07 bits per heavy atom. The number of hydrogen-bond donors (Lipinski definition) is 0. The van der Waals surface area contributed by atoms with Gasteiger partial charge in [0.15, 0.2) is 0 Å². The van der Waals surface area contributed by atoms with Crippen molar-refractivity contribution in [2.75, 3.05) is 0 Å². The van der Waals surface area contributed by atoms with Crippen molar-refractivity contribution in [2.24, 2.45) is 0 Å². The molecule has 1 nitrogen and oxygen atoms in total. The normalized spacial score (nSPS) is 30.6. The fourth-order valence-corrected chi connectivity index (χ4v) is 8.57. The molecule has 0 amide bonds. The minimum absolute atomic E-state index is 0.679. The lowest BCUT2D eigenvalue weighted by Crippen LogP contribution is -2.37. The summed E-state index contributed by atoms with van der Waals surface area (Å²) in [6.07, 6.45) is 11.8. The Kier molecular flexibility index (Phi) is 2.28. The summed E-state index contributed by atoms with van der Waals surface area (Å²) in [5, 5.41) is 0. The minimum Gasteiger partial charge on any atom is -0.323 e. The summed E-state index contributed by atoms with van der Waals surface area (Å²) in [6, 6.07) is 0. The summed E-state index contributed by atoms with van der Waals surface area (Å²) in [6.45, 7) is 0. The fourth-order valence-electron chi connectivity index (χ4n) is 3.27. The Morgan fingerprint density at radius 2 is 0.929 bits per heavy atom. The van der Waals surface area contributed by atoms with Crippen LogP contribution >= 0.6 is 7.14 Å². The molecule has 0 radical (unpaired) electrons. The summed E-state index contributed by atoms with van der Waals surface area (Å²) < 4.78 is 13.2. The smallest absolute Gasteiger partial charge is 0.0964 e. The topological polar surface area (TPSA) is 17.1 Å². The van der Waals surface area contributed by atoms with Gasteiger partial charge >= 0.3 is 0 Å². The first kappa shape index (κ1) is 9.46. The Bertz CT molecular complexity index is 219. The summed E-state index contributed by atoms with van der Waals surface area (Å²) in [5.41, 5.74) is 2.04. The molecule has 0 aromatic rings. The van der Waals surface area contributed by atoms with Crippen LogP contribution in [0.25, 0.3) is 0 Å². The lowest BCUT2D eigenvalue weighted by molar-refractivity contribution is 0.393. The maximum atomic E-state index is 13.2. The summed E-state index contributed by atoms with van der Waals surface area (Å²) in [4.78, 5) is 0. The molecular weight excluding hydrogens is 191 g/mol. The van der Waals surface area contributed by atoms with E-state index < -0.39 is 7.14 Å². The van der Waals surface area contributed by atoms with E-state index in [0.29, 0.717) is 17.0 Å². The molecule has 3 fully saturated rings. The van der Waals surface area contributed by atoms with Crippen LogP contribution in [-0.4, -0.2) is 17.0 Å². The van der Waals surface area contributed by atoms with E-state index >= 15 is 0 Å². The van der Waals surface area contributed by atoms with Crippen LogP contribution in [0, 0.1) is 0 Å². The fraction of sp³-hybridized carbons (Fsp3) is 1.00. The Morgan fingerprint density at radius 1 is 0.643 bits per heavy atom. The van der Waals surface area contributed by atoms with Crippen LogP contribution in [0.2, 0.25) is 0 Å². The summed E-state index contributed by atoms with van der Waals surface area (Å²) in [5.74, 6) is 0. The lowest BCUT2D eigenvalue weighted by Gasteiger charge is -2.49. The second-order valence-corrected chi connectivity index (χ2v) is 9.24. The Hall–Kier alpha value is 0.230. The van der Waals surface area contributed by atoms with Gasteiger partial charge in [0.1, 0.15) is 0 Å². The zero-order chi connectivity index (χ0) is 9.60. The molecule has 0 unspecified atom stereocenters. The van der Waals surface area contributed by atoms with Gasteiger partial charge in [-0.15, -0.1) is 0 Å². The van der Waals surface area contributed by atoms with Crippen LogP contribution in [0.3, 0.4) is 0 Å². The third-order valence-corrected chi connectivity index (χ3v) is 9.91. The van der Waals surface area contributed by atoms with Gasteiger partial charge in [0, 0.05) is 17.0 Å². The highest BCUT2D eigenvalue weighted by Crippen LogP contribution is 2.72. The highest BCUT2D eigenvalue weighted by molar-refractivity contribution is 7.66. The van der Waals surface area contributed by atoms with E-state index in [1.54, 1.807) is 0 Å². The van der Waals surface area contributed by atoms with Gasteiger partial charge in [0.2, 0.25) is 0 Å². The largest absolute Gasteiger partial charge is 0.323 e. The monoisotopic (exact) mass is 212 g/mol. The third-order valence-electron chi connectivity index (χ3n) is 4.94. The van der Waals surface area contributed by atoms with Crippen LogP contribution in [0.15, 0.2) is 0 Å². The van der Waals surface area contributed by atoms with Crippen molar-refractivity contribution in [3.05, 3.63) is 0 Å². The Labute approximate surface area is 87.0 Å². The molecule has 3 aliphatic rings. The van der Waals surface area contributed by atoms with Gasteiger partial charge in [0.05, 0.1) is 7.14 Å². The van der Waals surface area contributed by atoms with Crippen LogP contribution in [0.1, 0.15) is 57.8 Å². The predicted octanol–water partition coefficient (Wildman–Crippen LogP) is 4.01. The van der Waals surface area contributed by atoms with Gasteiger partial charge in [-0.05, 0) is 38.5 Å². The zero-order valence-corrected chi connectivity index (χ0v) is 9.85. The second-order valence-electron chi connectivity index (χ2n) is 5.52. The van der Waals surface area contributed by atoms with Crippen LogP contribution in [0.5, 0.6) is 0 Å². The molecular formula is C12H21OP. The highest BCUT2D eigenvalue weighted by Gasteiger charge is 2.51. The zero-order valence-electron chi connectivity index (χ0n) is 8.95. The van der Waals surface area contributed by atoms with E-state index in [1.807, 2.05) is 0 Å². The second kappa shape index (κ2) is 3.37. The third kappa shape index (κ3) is 1.18. The predicted molar refractivity (Wildman–Crippen MR) is 60.5 cm³/mol. The molecule has 2 heteroatoms. The van der Waals surface area contributed by atoms with Crippen LogP contribution in [-0.2, 0) is 4.57 Å². The SMILES string of the molecule is O=P(C1CCC1)(C1CCC1)C1CCC1. The molecule has 3 rings (SSSR count). The lowest BCUT2D eigenvalue weighted by atomic mass is 9.97. The van der Waals surface area contributed by atoms with Gasteiger partial charge in [0.25, 0.3) is 0 Å². The molecule has 0 atom stereocenters. The first-order valence-corrected chi connectivity index (χ1v) is 8.32. The van der Waals surface area contributed by atoms with Gasteiger partial charge in [-0.2, -0.15) is 0 Å². The molecule has 0 spiro atoms. The van der Waals surface area contributed by atoms with E-state index in [4.69, 9.17) is 0 Å². The van der Waals surface area contributed by atoms with Crippen molar-refractivity contribution in [1.82, 2.24) is 0 Å². The van der Waals surface area contributed by atoms with Crippen molar-refractivity contribution < 1.29 is 4.57 Å². The average Bonchev–Trinajstić information content (AvgIpc) is 1.69. The first-order chi connectivity index (χ1) is 6.82. The molecule has 0 heterocycles. The van der Waals surface area contributed by atoms with Gasteiger partial charge in [-0.25, -0.2) is 0 Å². The van der Waals surface area contributed by atoms with E-state index in [-0.39, 0.29) is 0 Å². The summed E-state index contributed by atoms with van der Waals surface area (Å²) in [7, 11) is -1.73. The van der Waals surface area contributed by atoms with Crippen molar-refractivity contribution in [3.63, 3.8) is 0 Å². The minimum atomic E-state index is -1.73. The molecule has 0 saturated heterocycles. The van der Waals surface area contributed by atoms with Crippen LogP contribution < -0.4 is 0 Å². The van der Waals surface area contributed by atoms with Gasteiger partial charge < -0.3 is 4.57 Å². The van der Waals surface area contributed by atoms with E-state index in [1.165, 1.54) is 57.8 Å². The Balaban J connectivity index is 1.80. The standard InChI is InChI=1S/C12H21OP/c13-14(10-4-1-5-10,11-6-2-7-11)12-8-3-9-12/h10-12H,1-9H2. The molecule has 14 heavy (non-hydrogen) atoms. The molecule has 3 saturated carbocycles. The van der Waals surface area contributed by atoms with Crippen molar-refractivity contribution in [2.45, 2.75) is 74.8 Å². The molecule has 0 bridgehead atoms. The number of rotatable bonds is 3. The molecule has 0 aromatic heterocycles. The summed E-state index contributed by atoms with van der Waals surface area (Å²) >= 11 is 0. The highest BCUT2D eigenvalue weighted by atomic mass is 31.2. The van der Waals surface area contributed by atoms with Crippen molar-refractivity contribution in [3.8, 4) is 0 Å².